The highest BCUT2D eigenvalue weighted by atomic mass is 35.5. The van der Waals surface area contributed by atoms with Crippen molar-refractivity contribution in [3.05, 3.63) is 65.9 Å². The number of halogens is 1. The van der Waals surface area contributed by atoms with Gasteiger partial charge in [0.1, 0.15) is 23.4 Å². The monoisotopic (exact) mass is 337 g/mol. The number of aromatic nitrogens is 4. The third-order valence-electron chi connectivity index (χ3n) is 3.70. The van der Waals surface area contributed by atoms with E-state index >= 15 is 0 Å². The third kappa shape index (κ3) is 2.38. The maximum absolute atomic E-state index is 9.80. The molecule has 0 saturated heterocycles. The summed E-state index contributed by atoms with van der Waals surface area (Å²) in [7, 11) is 0. The standard InChI is InChI=1S/C17H12ClN5O/c18-13-8-6-12(7-9-13)16-15(22-24)14(11-4-2-1-3-5-11)21-17-19-10-20-23(16)17/h1-10,22,24H. The molecule has 2 aromatic carbocycles. The van der Waals surface area contributed by atoms with Gasteiger partial charge in [-0.15, -0.1) is 0 Å². The molecule has 0 saturated carbocycles. The zero-order chi connectivity index (χ0) is 16.5. The second-order valence-corrected chi connectivity index (χ2v) is 5.58. The molecule has 2 aromatic heterocycles. The second kappa shape index (κ2) is 5.92. The number of anilines is 1. The number of hydrogen-bond donors (Lipinski definition) is 2. The number of rotatable bonds is 3. The number of nitrogens with zero attached hydrogens (tertiary/aromatic N) is 4. The van der Waals surface area contributed by atoms with E-state index in [1.807, 2.05) is 42.5 Å². The summed E-state index contributed by atoms with van der Waals surface area (Å²) >= 11 is 5.98. The van der Waals surface area contributed by atoms with Gasteiger partial charge in [0.05, 0.1) is 0 Å². The molecule has 0 aliphatic carbocycles. The highest BCUT2D eigenvalue weighted by Crippen LogP contribution is 2.35. The quantitative estimate of drug-likeness (QED) is 0.554. The van der Waals surface area contributed by atoms with E-state index in [9.17, 15) is 5.21 Å². The maximum Gasteiger partial charge on any atom is 0.253 e. The van der Waals surface area contributed by atoms with Crippen molar-refractivity contribution in [2.24, 2.45) is 0 Å². The fraction of sp³-hybridized carbons (Fsp3) is 0. The van der Waals surface area contributed by atoms with Gasteiger partial charge in [-0.2, -0.15) is 14.6 Å². The molecule has 0 spiro atoms. The first-order chi connectivity index (χ1) is 11.8. The fourth-order valence-corrected chi connectivity index (χ4v) is 2.75. The van der Waals surface area contributed by atoms with Gasteiger partial charge in [0, 0.05) is 16.1 Å². The van der Waals surface area contributed by atoms with Gasteiger partial charge in [-0.1, -0.05) is 54.1 Å². The van der Waals surface area contributed by atoms with Crippen molar-refractivity contribution in [2.45, 2.75) is 0 Å². The summed E-state index contributed by atoms with van der Waals surface area (Å²) in [5.41, 5.74) is 5.64. The van der Waals surface area contributed by atoms with Gasteiger partial charge in [0.2, 0.25) is 0 Å². The summed E-state index contributed by atoms with van der Waals surface area (Å²) in [4.78, 5) is 8.71. The van der Waals surface area contributed by atoms with Crippen molar-refractivity contribution in [2.75, 3.05) is 5.48 Å². The SMILES string of the molecule is ONc1c(-c2ccccc2)nc2ncnn2c1-c1ccc(Cl)cc1. The number of nitrogens with one attached hydrogen (secondary N) is 1. The Bertz CT molecular complexity index is 999. The molecule has 118 valence electrons. The summed E-state index contributed by atoms with van der Waals surface area (Å²) in [6.07, 6.45) is 1.43. The molecule has 24 heavy (non-hydrogen) atoms. The molecule has 0 atom stereocenters. The Hall–Kier alpha value is -2.96. The molecular formula is C17H12ClN5O. The summed E-state index contributed by atoms with van der Waals surface area (Å²) in [6.45, 7) is 0. The van der Waals surface area contributed by atoms with Crippen LogP contribution in [0.5, 0.6) is 0 Å². The van der Waals surface area contributed by atoms with Gasteiger partial charge in [-0.05, 0) is 12.1 Å². The smallest absolute Gasteiger partial charge is 0.253 e. The Kier molecular flexibility index (Phi) is 3.60. The van der Waals surface area contributed by atoms with Gasteiger partial charge in [-0.25, -0.2) is 4.98 Å². The lowest BCUT2D eigenvalue weighted by Crippen LogP contribution is -2.06. The van der Waals surface area contributed by atoms with Crippen LogP contribution in [0.15, 0.2) is 60.9 Å². The van der Waals surface area contributed by atoms with Crippen LogP contribution in [-0.4, -0.2) is 24.8 Å². The van der Waals surface area contributed by atoms with Crippen molar-refractivity contribution in [3.63, 3.8) is 0 Å². The zero-order valence-corrected chi connectivity index (χ0v) is 13.1. The van der Waals surface area contributed by atoms with Crippen molar-refractivity contribution in [1.82, 2.24) is 19.6 Å². The Morgan fingerprint density at radius 3 is 2.42 bits per heavy atom. The highest BCUT2D eigenvalue weighted by Gasteiger charge is 2.19. The number of hydrogen-bond acceptors (Lipinski definition) is 5. The molecule has 0 radical (unpaired) electrons. The Morgan fingerprint density at radius 1 is 0.958 bits per heavy atom. The van der Waals surface area contributed by atoms with E-state index < -0.39 is 0 Å². The Balaban J connectivity index is 2.07. The van der Waals surface area contributed by atoms with Crippen LogP contribution in [-0.2, 0) is 0 Å². The van der Waals surface area contributed by atoms with E-state index in [0.717, 1.165) is 11.1 Å². The Morgan fingerprint density at radius 2 is 1.71 bits per heavy atom. The van der Waals surface area contributed by atoms with E-state index in [1.54, 1.807) is 16.6 Å². The average Bonchev–Trinajstić information content (AvgIpc) is 3.10. The molecule has 0 bridgehead atoms. The van der Waals surface area contributed by atoms with Crippen molar-refractivity contribution < 1.29 is 5.21 Å². The predicted octanol–water partition coefficient (Wildman–Crippen LogP) is 3.91. The van der Waals surface area contributed by atoms with E-state index in [4.69, 9.17) is 11.6 Å². The molecule has 0 amide bonds. The third-order valence-corrected chi connectivity index (χ3v) is 3.96. The summed E-state index contributed by atoms with van der Waals surface area (Å²) in [5, 5.41) is 14.6. The van der Waals surface area contributed by atoms with Crippen molar-refractivity contribution in [3.8, 4) is 22.5 Å². The first kappa shape index (κ1) is 14.6. The van der Waals surface area contributed by atoms with Crippen LogP contribution in [0.1, 0.15) is 0 Å². The van der Waals surface area contributed by atoms with Gasteiger partial charge in [-0.3, -0.25) is 10.7 Å². The van der Waals surface area contributed by atoms with Crippen LogP contribution in [0.25, 0.3) is 28.3 Å². The van der Waals surface area contributed by atoms with Gasteiger partial charge in [0.15, 0.2) is 0 Å². The summed E-state index contributed by atoms with van der Waals surface area (Å²) < 4.78 is 1.58. The van der Waals surface area contributed by atoms with Crippen LogP contribution in [0, 0.1) is 0 Å². The first-order valence-electron chi connectivity index (χ1n) is 7.23. The lowest BCUT2D eigenvalue weighted by atomic mass is 10.0. The normalized spacial score (nSPS) is 10.9. The van der Waals surface area contributed by atoms with E-state index in [-0.39, 0.29) is 0 Å². The topological polar surface area (TPSA) is 75.3 Å². The molecule has 0 aliphatic rings. The molecule has 0 unspecified atom stereocenters. The van der Waals surface area contributed by atoms with Crippen LogP contribution in [0.3, 0.4) is 0 Å². The molecule has 7 heteroatoms. The Labute approximate surface area is 142 Å². The van der Waals surface area contributed by atoms with Crippen LogP contribution in [0.4, 0.5) is 5.69 Å². The molecule has 2 N–H and O–H groups in total. The number of benzene rings is 2. The number of fused-ring (bicyclic) bond motifs is 1. The van der Waals surface area contributed by atoms with E-state index in [1.165, 1.54) is 6.33 Å². The molecule has 4 aromatic rings. The lowest BCUT2D eigenvalue weighted by Gasteiger charge is -2.14. The highest BCUT2D eigenvalue weighted by molar-refractivity contribution is 6.30. The van der Waals surface area contributed by atoms with Gasteiger partial charge >= 0.3 is 0 Å². The molecule has 0 aliphatic heterocycles. The minimum atomic E-state index is 0.442. The summed E-state index contributed by atoms with van der Waals surface area (Å²) in [5.74, 6) is 0.442. The van der Waals surface area contributed by atoms with Gasteiger partial charge < -0.3 is 0 Å². The molecule has 0 fully saturated rings. The molecule has 4 rings (SSSR count). The van der Waals surface area contributed by atoms with E-state index in [2.05, 4.69) is 20.5 Å². The van der Waals surface area contributed by atoms with Crippen LogP contribution < -0.4 is 5.48 Å². The molecular weight excluding hydrogens is 326 g/mol. The first-order valence-corrected chi connectivity index (χ1v) is 7.61. The zero-order valence-electron chi connectivity index (χ0n) is 12.4. The van der Waals surface area contributed by atoms with Crippen LogP contribution in [0.2, 0.25) is 5.02 Å². The summed E-state index contributed by atoms with van der Waals surface area (Å²) in [6, 6.07) is 16.9. The van der Waals surface area contributed by atoms with Crippen molar-refractivity contribution in [1.29, 1.82) is 0 Å². The largest absolute Gasteiger partial charge is 0.291 e. The van der Waals surface area contributed by atoms with Crippen molar-refractivity contribution >= 4 is 23.1 Å². The molecule has 2 heterocycles. The van der Waals surface area contributed by atoms with Crippen LogP contribution >= 0.6 is 11.6 Å². The second-order valence-electron chi connectivity index (χ2n) is 5.14. The minimum absolute atomic E-state index is 0.442. The van der Waals surface area contributed by atoms with Gasteiger partial charge in [0.25, 0.3) is 5.78 Å². The average molecular weight is 338 g/mol. The van der Waals surface area contributed by atoms with E-state index in [0.29, 0.717) is 27.9 Å². The predicted molar refractivity (Wildman–Crippen MR) is 92.1 cm³/mol. The fourth-order valence-electron chi connectivity index (χ4n) is 2.63. The molecule has 6 nitrogen and oxygen atoms in total. The minimum Gasteiger partial charge on any atom is -0.291 e. The lowest BCUT2D eigenvalue weighted by molar-refractivity contribution is 0.389. The maximum atomic E-state index is 9.80.